The van der Waals surface area contributed by atoms with Crippen molar-refractivity contribution in [3.63, 3.8) is 0 Å². The number of halogens is 1. The molecule has 0 aliphatic carbocycles. The topological polar surface area (TPSA) is 35.2 Å². The third-order valence-corrected chi connectivity index (χ3v) is 2.98. The molecule has 2 atom stereocenters. The van der Waals surface area contributed by atoms with Gasteiger partial charge in [-0.1, -0.05) is 23.7 Å². The molecule has 1 aliphatic rings. The summed E-state index contributed by atoms with van der Waals surface area (Å²) in [4.78, 5) is 0. The minimum absolute atomic E-state index is 0.0785. The van der Waals surface area contributed by atoms with E-state index in [9.17, 15) is 0 Å². The Morgan fingerprint density at radius 3 is 2.64 bits per heavy atom. The Balaban J connectivity index is 2.09. The Hall–Kier alpha value is -0.570. The monoisotopic (exact) mass is 211 g/mol. The molecule has 1 aromatic carbocycles. The van der Waals surface area contributed by atoms with Crippen LogP contribution in [0.1, 0.15) is 18.0 Å². The second-order valence-corrected chi connectivity index (χ2v) is 4.14. The molecule has 2 N–H and O–H groups in total. The van der Waals surface area contributed by atoms with Crippen molar-refractivity contribution >= 4 is 11.6 Å². The highest BCUT2D eigenvalue weighted by molar-refractivity contribution is 6.30. The molecular formula is C11H14ClNO. The molecule has 1 aliphatic heterocycles. The van der Waals surface area contributed by atoms with Crippen LogP contribution in [-0.2, 0) is 4.74 Å². The van der Waals surface area contributed by atoms with Gasteiger partial charge in [-0.2, -0.15) is 0 Å². The Morgan fingerprint density at radius 2 is 2.07 bits per heavy atom. The van der Waals surface area contributed by atoms with Gasteiger partial charge in [-0.15, -0.1) is 0 Å². The van der Waals surface area contributed by atoms with Gasteiger partial charge in [0, 0.05) is 23.6 Å². The number of hydrogen-bond donors (Lipinski definition) is 1. The van der Waals surface area contributed by atoms with Crippen molar-refractivity contribution in [3.8, 4) is 0 Å². The molecule has 0 spiro atoms. The number of hydrogen-bond acceptors (Lipinski definition) is 2. The van der Waals surface area contributed by atoms with Gasteiger partial charge in [-0.25, -0.2) is 0 Å². The van der Waals surface area contributed by atoms with Crippen LogP contribution in [-0.4, -0.2) is 13.2 Å². The molecule has 2 rings (SSSR count). The largest absolute Gasteiger partial charge is 0.381 e. The quantitative estimate of drug-likeness (QED) is 0.815. The van der Waals surface area contributed by atoms with Crippen molar-refractivity contribution in [1.29, 1.82) is 0 Å². The maximum absolute atomic E-state index is 6.13. The van der Waals surface area contributed by atoms with E-state index in [-0.39, 0.29) is 6.04 Å². The first kappa shape index (κ1) is 9.97. The van der Waals surface area contributed by atoms with E-state index >= 15 is 0 Å². The van der Waals surface area contributed by atoms with Gasteiger partial charge in [0.2, 0.25) is 0 Å². The summed E-state index contributed by atoms with van der Waals surface area (Å²) in [5.74, 6) is 0.455. The summed E-state index contributed by atoms with van der Waals surface area (Å²) in [5.41, 5.74) is 7.27. The molecular weight excluding hydrogens is 198 g/mol. The number of ether oxygens (including phenoxy) is 1. The molecule has 3 heteroatoms. The second kappa shape index (κ2) is 4.30. The van der Waals surface area contributed by atoms with Crippen LogP contribution in [0, 0.1) is 5.92 Å². The zero-order valence-corrected chi connectivity index (χ0v) is 8.70. The summed E-state index contributed by atoms with van der Waals surface area (Å²) in [6.07, 6.45) is 1.06. The Morgan fingerprint density at radius 1 is 1.36 bits per heavy atom. The Kier molecular flexibility index (Phi) is 3.06. The van der Waals surface area contributed by atoms with Gasteiger partial charge in [-0.05, 0) is 24.1 Å². The van der Waals surface area contributed by atoms with Crippen LogP contribution in [0.4, 0.5) is 0 Å². The van der Waals surface area contributed by atoms with E-state index in [4.69, 9.17) is 22.1 Å². The van der Waals surface area contributed by atoms with Crippen molar-refractivity contribution in [2.24, 2.45) is 11.7 Å². The van der Waals surface area contributed by atoms with Gasteiger partial charge in [0.1, 0.15) is 0 Å². The van der Waals surface area contributed by atoms with E-state index in [1.54, 1.807) is 0 Å². The van der Waals surface area contributed by atoms with Gasteiger partial charge < -0.3 is 10.5 Å². The van der Waals surface area contributed by atoms with E-state index in [1.165, 1.54) is 0 Å². The second-order valence-electron chi connectivity index (χ2n) is 3.70. The number of rotatable bonds is 2. The fourth-order valence-corrected chi connectivity index (χ4v) is 1.92. The lowest BCUT2D eigenvalue weighted by Crippen LogP contribution is -2.21. The Labute approximate surface area is 89.0 Å². The summed E-state index contributed by atoms with van der Waals surface area (Å²) in [6, 6.07) is 7.82. The summed E-state index contributed by atoms with van der Waals surface area (Å²) in [7, 11) is 0. The normalized spacial score (nSPS) is 23.7. The van der Waals surface area contributed by atoms with Gasteiger partial charge in [-0.3, -0.25) is 0 Å². The highest BCUT2D eigenvalue weighted by Crippen LogP contribution is 2.27. The zero-order chi connectivity index (χ0) is 9.97. The van der Waals surface area contributed by atoms with Crippen molar-refractivity contribution < 1.29 is 4.74 Å². The molecule has 0 aromatic heterocycles. The van der Waals surface area contributed by atoms with Crippen LogP contribution in [0.25, 0.3) is 0 Å². The lowest BCUT2D eigenvalue weighted by molar-refractivity contribution is 0.181. The SMILES string of the molecule is NC(c1ccc(Cl)cc1)C1CCOC1. The van der Waals surface area contributed by atoms with Crippen LogP contribution in [0.3, 0.4) is 0 Å². The summed E-state index contributed by atoms with van der Waals surface area (Å²) in [5, 5.41) is 0.753. The van der Waals surface area contributed by atoms with E-state index in [0.29, 0.717) is 5.92 Å². The maximum atomic E-state index is 6.13. The zero-order valence-electron chi connectivity index (χ0n) is 7.95. The van der Waals surface area contributed by atoms with E-state index in [1.807, 2.05) is 24.3 Å². The van der Waals surface area contributed by atoms with Crippen LogP contribution >= 0.6 is 11.6 Å². The predicted octanol–water partition coefficient (Wildman–Crippen LogP) is 2.38. The lowest BCUT2D eigenvalue weighted by atomic mass is 9.93. The average Bonchev–Trinajstić information content (AvgIpc) is 2.71. The average molecular weight is 212 g/mol. The van der Waals surface area contributed by atoms with Crippen LogP contribution in [0.5, 0.6) is 0 Å². The predicted molar refractivity (Wildman–Crippen MR) is 57.3 cm³/mol. The summed E-state index contributed by atoms with van der Waals surface area (Å²) in [6.45, 7) is 1.62. The smallest absolute Gasteiger partial charge is 0.0513 e. The van der Waals surface area contributed by atoms with Crippen molar-refractivity contribution in [2.75, 3.05) is 13.2 Å². The van der Waals surface area contributed by atoms with Gasteiger partial charge in [0.25, 0.3) is 0 Å². The van der Waals surface area contributed by atoms with Gasteiger partial charge in [0.05, 0.1) is 6.61 Å². The molecule has 1 saturated heterocycles. The van der Waals surface area contributed by atoms with Crippen molar-refractivity contribution in [1.82, 2.24) is 0 Å². The van der Waals surface area contributed by atoms with Crippen LogP contribution < -0.4 is 5.73 Å². The fourth-order valence-electron chi connectivity index (χ4n) is 1.79. The van der Waals surface area contributed by atoms with Crippen LogP contribution in [0.15, 0.2) is 24.3 Å². The van der Waals surface area contributed by atoms with Gasteiger partial charge in [0.15, 0.2) is 0 Å². The standard InChI is InChI=1S/C11H14ClNO/c12-10-3-1-8(2-4-10)11(13)9-5-6-14-7-9/h1-4,9,11H,5-7,13H2. The van der Waals surface area contributed by atoms with Gasteiger partial charge >= 0.3 is 0 Å². The van der Waals surface area contributed by atoms with Crippen LogP contribution in [0.2, 0.25) is 5.02 Å². The highest BCUT2D eigenvalue weighted by atomic mass is 35.5. The molecule has 1 aromatic rings. The molecule has 2 unspecified atom stereocenters. The van der Waals surface area contributed by atoms with E-state index in [2.05, 4.69) is 0 Å². The number of nitrogens with two attached hydrogens (primary N) is 1. The first-order valence-corrected chi connectivity index (χ1v) is 5.24. The minimum atomic E-state index is 0.0785. The highest BCUT2D eigenvalue weighted by Gasteiger charge is 2.23. The van der Waals surface area contributed by atoms with Crippen molar-refractivity contribution in [3.05, 3.63) is 34.9 Å². The molecule has 14 heavy (non-hydrogen) atoms. The first-order chi connectivity index (χ1) is 6.77. The van der Waals surface area contributed by atoms with E-state index in [0.717, 1.165) is 30.2 Å². The molecule has 2 nitrogen and oxygen atoms in total. The molecule has 76 valence electrons. The molecule has 1 fully saturated rings. The minimum Gasteiger partial charge on any atom is -0.381 e. The van der Waals surface area contributed by atoms with Crippen molar-refractivity contribution in [2.45, 2.75) is 12.5 Å². The molecule has 0 saturated carbocycles. The van der Waals surface area contributed by atoms with E-state index < -0.39 is 0 Å². The fraction of sp³-hybridized carbons (Fsp3) is 0.455. The summed E-state index contributed by atoms with van der Waals surface area (Å²) >= 11 is 5.81. The molecule has 1 heterocycles. The molecule has 0 amide bonds. The third-order valence-electron chi connectivity index (χ3n) is 2.73. The lowest BCUT2D eigenvalue weighted by Gasteiger charge is -2.17. The third kappa shape index (κ3) is 2.08. The molecule has 0 radical (unpaired) electrons. The molecule has 0 bridgehead atoms. The maximum Gasteiger partial charge on any atom is 0.0513 e. The number of benzene rings is 1. The Bertz CT molecular complexity index is 293. The first-order valence-electron chi connectivity index (χ1n) is 4.86. The summed E-state index contributed by atoms with van der Waals surface area (Å²) < 4.78 is 5.32.